The number of hydrogen-bond acceptors (Lipinski definition) is 6. The lowest BCUT2D eigenvalue weighted by molar-refractivity contribution is -1.08. The van der Waals surface area contributed by atoms with Gasteiger partial charge < -0.3 is 9.84 Å². The Morgan fingerprint density at radius 2 is 1.84 bits per heavy atom. The van der Waals surface area contributed by atoms with Crippen LogP contribution < -0.4 is 0 Å². The largest absolute Gasteiger partial charge is 0.518 e. The number of cyclic esters (lactones) is 1. The molecule has 1 aliphatic rings. The van der Waals surface area contributed by atoms with Crippen LogP contribution in [0, 0.1) is 17.8 Å². The molecule has 0 saturated carbocycles. The van der Waals surface area contributed by atoms with Crippen LogP contribution in [-0.4, -0.2) is 58.6 Å². The monoisotopic (exact) mass is 588 g/mol. The number of ether oxygens (including phenoxy) is 1. The molecule has 1 heterocycles. The van der Waals surface area contributed by atoms with Gasteiger partial charge >= 0.3 is 13.8 Å². The van der Waals surface area contributed by atoms with E-state index in [2.05, 4.69) is 0 Å². The van der Waals surface area contributed by atoms with Gasteiger partial charge in [0.05, 0.1) is 12.2 Å². The predicted octanol–water partition coefficient (Wildman–Crippen LogP) is 4.76. The van der Waals surface area contributed by atoms with Crippen LogP contribution in [0.15, 0.2) is 22.3 Å². The molecular weight excluding hydrogens is 548 g/mol. The Labute approximate surface area is 206 Å². The van der Waals surface area contributed by atoms with Crippen LogP contribution in [-0.2, 0) is 23.2 Å². The summed E-state index contributed by atoms with van der Waals surface area (Å²) in [6, 6.07) is 0. The van der Waals surface area contributed by atoms with Crippen molar-refractivity contribution in [1.29, 1.82) is 0 Å². The summed E-state index contributed by atoms with van der Waals surface area (Å²) in [6.07, 6.45) is 4.04. The SMILES string of the molecule is CC[N+](CC)(CC)OP(=O)(O)O[C@@H](CC[C@H](C)[C@@H]1OC(=O)C=C[C@@H]1C)[C@@H](C)[C@@H](O)/C=C\I. The molecule has 0 bridgehead atoms. The predicted molar refractivity (Wildman–Crippen MR) is 133 cm³/mol. The minimum Gasteiger partial charge on any atom is -0.458 e. The Kier molecular flexibility index (Phi) is 12.6. The van der Waals surface area contributed by atoms with Crippen LogP contribution in [0.3, 0.4) is 0 Å². The molecule has 0 spiro atoms. The number of phosphoric acid groups is 1. The molecule has 7 atom stereocenters. The van der Waals surface area contributed by atoms with Crippen molar-refractivity contribution in [3.05, 3.63) is 22.3 Å². The van der Waals surface area contributed by atoms with Crippen LogP contribution in [0.1, 0.15) is 54.4 Å². The van der Waals surface area contributed by atoms with Crippen molar-refractivity contribution >= 4 is 36.4 Å². The summed E-state index contributed by atoms with van der Waals surface area (Å²) in [7, 11) is -4.41. The van der Waals surface area contributed by atoms with E-state index < -0.39 is 25.9 Å². The highest BCUT2D eigenvalue weighted by Crippen LogP contribution is 2.49. The number of rotatable bonds is 14. The number of carbonyl (C=O) groups is 1. The lowest BCUT2D eigenvalue weighted by atomic mass is 9.85. The molecule has 8 nitrogen and oxygen atoms in total. The van der Waals surface area contributed by atoms with Crippen LogP contribution in [0.5, 0.6) is 0 Å². The standard InChI is InChI=1S/C22H39INO7P/c1-7-24(8-2,9-3)31-32(27,28)30-20(18(6)19(25)14-15-23)12-10-16(4)22-17(5)11-13-21(26)29-22/h11,13-20,22,25H,7-10,12H2,1-6H3/p+1/b15-14-/t16-,17-,18-,19-,20-,22-/m0/s1. The minimum absolute atomic E-state index is 0.00334. The number of halogens is 1. The summed E-state index contributed by atoms with van der Waals surface area (Å²) in [4.78, 5) is 22.3. The maximum Gasteiger partial charge on any atom is 0.518 e. The first kappa shape index (κ1) is 29.7. The molecule has 1 aliphatic heterocycles. The number of esters is 1. The number of nitrogens with zero attached hydrogens (tertiary/aromatic N) is 1. The average molecular weight is 588 g/mol. The zero-order valence-corrected chi connectivity index (χ0v) is 23.1. The first-order chi connectivity index (χ1) is 14.9. The molecule has 0 aromatic carbocycles. The molecule has 186 valence electrons. The van der Waals surface area contributed by atoms with Gasteiger partial charge in [0.1, 0.15) is 25.7 Å². The smallest absolute Gasteiger partial charge is 0.458 e. The number of carbonyl (C=O) groups excluding carboxylic acids is 1. The highest BCUT2D eigenvalue weighted by molar-refractivity contribution is 14.1. The molecule has 0 radical (unpaired) electrons. The molecule has 10 heteroatoms. The number of hydroxylamine groups is 3. The van der Waals surface area contributed by atoms with Gasteiger partial charge in [-0.05, 0) is 49.7 Å². The van der Waals surface area contributed by atoms with Crippen molar-refractivity contribution in [2.45, 2.75) is 72.7 Å². The summed E-state index contributed by atoms with van der Waals surface area (Å²) in [5, 5.41) is 10.5. The zero-order valence-electron chi connectivity index (χ0n) is 20.0. The van der Waals surface area contributed by atoms with E-state index in [0.29, 0.717) is 32.5 Å². The lowest BCUT2D eigenvalue weighted by Crippen LogP contribution is -2.46. The van der Waals surface area contributed by atoms with E-state index in [1.54, 1.807) is 17.1 Å². The Balaban J connectivity index is 2.99. The Morgan fingerprint density at radius 1 is 1.25 bits per heavy atom. The van der Waals surface area contributed by atoms with Crippen molar-refractivity contribution in [3.8, 4) is 0 Å². The third-order valence-corrected chi connectivity index (χ3v) is 7.95. The first-order valence-corrected chi connectivity index (χ1v) is 14.1. The van der Waals surface area contributed by atoms with Crippen LogP contribution in [0.2, 0.25) is 0 Å². The minimum atomic E-state index is -4.41. The van der Waals surface area contributed by atoms with Gasteiger partial charge in [0, 0.05) is 17.9 Å². The molecule has 32 heavy (non-hydrogen) atoms. The Hall–Kier alpha value is -0.290. The van der Waals surface area contributed by atoms with Gasteiger partial charge in [0.2, 0.25) is 0 Å². The highest BCUT2D eigenvalue weighted by Gasteiger charge is 2.41. The Morgan fingerprint density at radius 3 is 2.38 bits per heavy atom. The van der Waals surface area contributed by atoms with Crippen LogP contribution in [0.4, 0.5) is 0 Å². The molecule has 0 fully saturated rings. The van der Waals surface area contributed by atoms with E-state index in [0.717, 1.165) is 0 Å². The zero-order chi connectivity index (χ0) is 24.5. The summed E-state index contributed by atoms with van der Waals surface area (Å²) in [6.45, 7) is 13.0. The molecule has 2 N–H and O–H groups in total. The van der Waals surface area contributed by atoms with E-state index in [1.807, 2.05) is 63.3 Å². The Bertz CT molecular complexity index is 690. The van der Waals surface area contributed by atoms with Crippen molar-refractivity contribution in [2.24, 2.45) is 17.8 Å². The van der Waals surface area contributed by atoms with Gasteiger partial charge in [-0.2, -0.15) is 4.65 Å². The van der Waals surface area contributed by atoms with Gasteiger partial charge in [-0.15, -0.1) is 0 Å². The van der Waals surface area contributed by atoms with Gasteiger partial charge in [0.25, 0.3) is 0 Å². The lowest BCUT2D eigenvalue weighted by Gasteiger charge is -2.35. The summed E-state index contributed by atoms with van der Waals surface area (Å²) >= 11 is 2.02. The number of aliphatic hydroxyl groups is 1. The van der Waals surface area contributed by atoms with E-state index in [4.69, 9.17) is 13.9 Å². The topological polar surface area (TPSA) is 102 Å². The molecule has 0 aromatic rings. The summed E-state index contributed by atoms with van der Waals surface area (Å²) < 4.78 is 31.4. The second-order valence-corrected chi connectivity index (χ2v) is 10.6. The van der Waals surface area contributed by atoms with Gasteiger partial charge in [-0.25, -0.2) is 9.36 Å². The van der Waals surface area contributed by atoms with Crippen molar-refractivity contribution < 1.29 is 37.9 Å². The highest BCUT2D eigenvalue weighted by atomic mass is 127. The van der Waals surface area contributed by atoms with Crippen LogP contribution >= 0.6 is 30.4 Å². The summed E-state index contributed by atoms with van der Waals surface area (Å²) in [5.74, 6) is -0.721. The van der Waals surface area contributed by atoms with E-state index in [-0.39, 0.29) is 28.6 Å². The summed E-state index contributed by atoms with van der Waals surface area (Å²) in [5.41, 5.74) is 0. The maximum absolute atomic E-state index is 13.0. The molecule has 1 unspecified atom stereocenters. The fourth-order valence-electron chi connectivity index (χ4n) is 3.98. The average Bonchev–Trinajstić information content (AvgIpc) is 2.76. The quantitative estimate of drug-likeness (QED) is 0.0993. The number of hydrogen-bond donors (Lipinski definition) is 2. The number of quaternary nitrogens is 1. The van der Waals surface area contributed by atoms with E-state index >= 15 is 0 Å². The fraction of sp³-hybridized carbons (Fsp3) is 0.773. The molecular formula is C22H40INO7P+. The van der Waals surface area contributed by atoms with Crippen molar-refractivity contribution in [2.75, 3.05) is 19.6 Å². The van der Waals surface area contributed by atoms with Crippen LogP contribution in [0.25, 0.3) is 0 Å². The van der Waals surface area contributed by atoms with E-state index in [9.17, 15) is 19.4 Å². The van der Waals surface area contributed by atoms with Crippen molar-refractivity contribution in [3.63, 3.8) is 0 Å². The molecule has 0 amide bonds. The molecule has 0 aromatic heterocycles. The number of phosphoric ester groups is 1. The maximum atomic E-state index is 13.0. The third-order valence-electron chi connectivity index (χ3n) is 6.44. The van der Waals surface area contributed by atoms with Crippen molar-refractivity contribution in [1.82, 2.24) is 0 Å². The third kappa shape index (κ3) is 8.81. The first-order valence-electron chi connectivity index (χ1n) is 11.4. The molecule has 1 rings (SSSR count). The fourth-order valence-corrected chi connectivity index (χ4v) is 5.87. The van der Waals surface area contributed by atoms with E-state index in [1.165, 1.54) is 6.08 Å². The second-order valence-electron chi connectivity index (χ2n) is 8.54. The second kappa shape index (κ2) is 13.6. The van der Waals surface area contributed by atoms with Gasteiger partial charge in [-0.1, -0.05) is 54.1 Å². The normalized spacial score (nSPS) is 25.2. The van der Waals surface area contributed by atoms with Gasteiger partial charge in [0.15, 0.2) is 0 Å². The van der Waals surface area contributed by atoms with Gasteiger partial charge in [-0.3, -0.25) is 9.42 Å². The number of aliphatic hydroxyl groups excluding tert-OH is 1. The molecule has 0 aliphatic carbocycles. The molecule has 0 saturated heterocycles.